The summed E-state index contributed by atoms with van der Waals surface area (Å²) in [6.07, 6.45) is 5.41. The molecule has 0 spiro atoms. The van der Waals surface area contributed by atoms with Crippen LogP contribution < -0.4 is 11.3 Å². The second-order valence-electron chi connectivity index (χ2n) is 5.27. The number of aliphatic hydroxyl groups is 1. The van der Waals surface area contributed by atoms with Crippen LogP contribution in [0.3, 0.4) is 0 Å². The summed E-state index contributed by atoms with van der Waals surface area (Å²) >= 11 is 0. The van der Waals surface area contributed by atoms with Crippen LogP contribution in [-0.2, 0) is 4.79 Å². The second kappa shape index (κ2) is 5.33. The van der Waals surface area contributed by atoms with E-state index in [2.05, 4.69) is 17.2 Å². The van der Waals surface area contributed by atoms with E-state index < -0.39 is 0 Å². The summed E-state index contributed by atoms with van der Waals surface area (Å²) in [4.78, 5) is 14.2. The summed E-state index contributed by atoms with van der Waals surface area (Å²) in [7, 11) is 0. The van der Waals surface area contributed by atoms with Gasteiger partial charge in [-0.05, 0) is 32.1 Å². The van der Waals surface area contributed by atoms with E-state index in [-0.39, 0.29) is 18.1 Å². The normalized spacial score (nSPS) is 34.6. The van der Waals surface area contributed by atoms with Crippen LogP contribution in [0.25, 0.3) is 0 Å². The fraction of sp³-hybridized carbons (Fsp3) is 0.917. The predicted octanol–water partition coefficient (Wildman–Crippen LogP) is 0.133. The number of nitrogens with two attached hydrogens (primary N) is 1. The minimum Gasteiger partial charge on any atom is -0.393 e. The summed E-state index contributed by atoms with van der Waals surface area (Å²) in [6.45, 7) is 2.08. The molecule has 98 valence electrons. The Balaban J connectivity index is 2.11. The average Bonchev–Trinajstić information content (AvgIpc) is 2.57. The van der Waals surface area contributed by atoms with Crippen molar-refractivity contribution in [3.05, 3.63) is 0 Å². The molecule has 2 aliphatic rings. The van der Waals surface area contributed by atoms with Crippen LogP contribution in [0.4, 0.5) is 0 Å². The van der Waals surface area contributed by atoms with Gasteiger partial charge in [0.05, 0.1) is 12.1 Å². The topological polar surface area (TPSA) is 78.6 Å². The van der Waals surface area contributed by atoms with Crippen LogP contribution in [0.2, 0.25) is 0 Å². The molecule has 2 bridgehead atoms. The summed E-state index contributed by atoms with van der Waals surface area (Å²) < 4.78 is 0. The van der Waals surface area contributed by atoms with E-state index in [1.807, 2.05) is 0 Å². The first-order chi connectivity index (χ1) is 8.17. The van der Waals surface area contributed by atoms with Crippen LogP contribution in [0, 0.1) is 0 Å². The third-order valence-electron chi connectivity index (χ3n) is 4.13. The number of amides is 1. The number of rotatable bonds is 4. The Labute approximate surface area is 102 Å². The fourth-order valence-corrected chi connectivity index (χ4v) is 3.48. The predicted molar refractivity (Wildman–Crippen MR) is 64.9 cm³/mol. The first kappa shape index (κ1) is 12.8. The molecule has 2 fully saturated rings. The number of nitrogens with one attached hydrogen (secondary N) is 1. The Hall–Kier alpha value is -0.650. The SMILES string of the molecule is CCCC(C(=O)NN)N1C2CCC1CC(O)C2. The summed E-state index contributed by atoms with van der Waals surface area (Å²) in [5, 5.41) is 9.76. The van der Waals surface area contributed by atoms with Crippen molar-refractivity contribution >= 4 is 5.91 Å². The van der Waals surface area contributed by atoms with Crippen molar-refractivity contribution in [2.24, 2.45) is 5.84 Å². The molecule has 17 heavy (non-hydrogen) atoms. The second-order valence-corrected chi connectivity index (χ2v) is 5.27. The van der Waals surface area contributed by atoms with Crippen molar-refractivity contribution in [1.29, 1.82) is 0 Å². The molecular weight excluding hydrogens is 218 g/mol. The molecule has 0 aromatic carbocycles. The van der Waals surface area contributed by atoms with Crippen molar-refractivity contribution < 1.29 is 9.90 Å². The van der Waals surface area contributed by atoms with Crippen molar-refractivity contribution in [1.82, 2.24) is 10.3 Å². The van der Waals surface area contributed by atoms with Crippen LogP contribution in [0.1, 0.15) is 45.4 Å². The highest BCUT2D eigenvalue weighted by molar-refractivity contribution is 5.81. The minimum atomic E-state index is -0.188. The highest BCUT2D eigenvalue weighted by Gasteiger charge is 2.44. The standard InChI is InChI=1S/C12H23N3O2/c1-2-3-11(12(17)14-13)15-8-4-5-9(15)7-10(16)6-8/h8-11,16H,2-7,13H2,1H3,(H,14,17). The molecule has 0 aromatic rings. The molecule has 3 unspecified atom stereocenters. The van der Waals surface area contributed by atoms with Gasteiger partial charge in [0.25, 0.3) is 5.91 Å². The van der Waals surface area contributed by atoms with Crippen molar-refractivity contribution in [3.8, 4) is 0 Å². The lowest BCUT2D eigenvalue weighted by Gasteiger charge is -2.41. The summed E-state index contributed by atoms with van der Waals surface area (Å²) in [6, 6.07) is 0.602. The molecule has 2 aliphatic heterocycles. The first-order valence-corrected chi connectivity index (χ1v) is 6.63. The number of nitrogens with zero attached hydrogens (tertiary/aromatic N) is 1. The molecule has 0 radical (unpaired) electrons. The van der Waals surface area contributed by atoms with Gasteiger partial charge < -0.3 is 5.11 Å². The summed E-state index contributed by atoms with van der Waals surface area (Å²) in [5.74, 6) is 5.19. The zero-order valence-corrected chi connectivity index (χ0v) is 10.4. The Morgan fingerprint density at radius 1 is 1.47 bits per heavy atom. The maximum absolute atomic E-state index is 11.9. The average molecular weight is 241 g/mol. The van der Waals surface area contributed by atoms with E-state index in [0.29, 0.717) is 12.1 Å². The van der Waals surface area contributed by atoms with Gasteiger partial charge in [-0.1, -0.05) is 13.3 Å². The third kappa shape index (κ3) is 2.46. The Morgan fingerprint density at radius 3 is 2.53 bits per heavy atom. The summed E-state index contributed by atoms with van der Waals surface area (Å²) in [5.41, 5.74) is 2.28. The number of hydrazine groups is 1. The highest BCUT2D eigenvalue weighted by Crippen LogP contribution is 2.38. The van der Waals surface area contributed by atoms with Gasteiger partial charge >= 0.3 is 0 Å². The molecule has 2 heterocycles. The molecule has 2 rings (SSSR count). The van der Waals surface area contributed by atoms with Crippen molar-refractivity contribution in [3.63, 3.8) is 0 Å². The Bertz CT molecular complexity index is 271. The lowest BCUT2D eigenvalue weighted by molar-refractivity contribution is -0.130. The zero-order chi connectivity index (χ0) is 12.4. The van der Waals surface area contributed by atoms with Crippen LogP contribution in [0.5, 0.6) is 0 Å². The number of fused-ring (bicyclic) bond motifs is 2. The van der Waals surface area contributed by atoms with Gasteiger partial charge in [0.2, 0.25) is 0 Å². The van der Waals surface area contributed by atoms with E-state index in [1.54, 1.807) is 0 Å². The monoisotopic (exact) mass is 241 g/mol. The van der Waals surface area contributed by atoms with Crippen LogP contribution in [0.15, 0.2) is 0 Å². The number of carbonyl (C=O) groups is 1. The highest BCUT2D eigenvalue weighted by atomic mass is 16.3. The fourth-order valence-electron chi connectivity index (χ4n) is 3.48. The molecule has 0 saturated carbocycles. The maximum Gasteiger partial charge on any atom is 0.251 e. The van der Waals surface area contributed by atoms with E-state index in [0.717, 1.165) is 38.5 Å². The molecule has 4 N–H and O–H groups in total. The molecule has 5 heteroatoms. The number of aliphatic hydroxyl groups excluding tert-OH is 1. The molecule has 1 amide bonds. The van der Waals surface area contributed by atoms with E-state index in [9.17, 15) is 9.90 Å². The maximum atomic E-state index is 11.9. The van der Waals surface area contributed by atoms with Gasteiger partial charge in [0.15, 0.2) is 0 Å². The number of hydrogen-bond donors (Lipinski definition) is 3. The zero-order valence-electron chi connectivity index (χ0n) is 10.4. The Kier molecular flexibility index (Phi) is 4.01. The number of hydrogen-bond acceptors (Lipinski definition) is 4. The third-order valence-corrected chi connectivity index (χ3v) is 4.13. The molecule has 2 saturated heterocycles. The Morgan fingerprint density at radius 2 is 2.06 bits per heavy atom. The van der Waals surface area contributed by atoms with Crippen LogP contribution in [-0.4, -0.2) is 40.1 Å². The van der Waals surface area contributed by atoms with Gasteiger partial charge in [-0.15, -0.1) is 0 Å². The van der Waals surface area contributed by atoms with Gasteiger partial charge in [-0.3, -0.25) is 15.1 Å². The smallest absolute Gasteiger partial charge is 0.251 e. The molecule has 0 aliphatic carbocycles. The van der Waals surface area contributed by atoms with Gasteiger partial charge in [0, 0.05) is 12.1 Å². The van der Waals surface area contributed by atoms with Crippen LogP contribution >= 0.6 is 0 Å². The van der Waals surface area contributed by atoms with Gasteiger partial charge in [0.1, 0.15) is 0 Å². The minimum absolute atomic E-state index is 0.0832. The molecular formula is C12H23N3O2. The van der Waals surface area contributed by atoms with E-state index >= 15 is 0 Å². The van der Waals surface area contributed by atoms with Crippen molar-refractivity contribution in [2.45, 2.75) is 69.7 Å². The van der Waals surface area contributed by atoms with Crippen molar-refractivity contribution in [2.75, 3.05) is 0 Å². The van der Waals surface area contributed by atoms with E-state index in [1.165, 1.54) is 0 Å². The molecule has 3 atom stereocenters. The first-order valence-electron chi connectivity index (χ1n) is 6.63. The van der Waals surface area contributed by atoms with E-state index in [4.69, 9.17) is 5.84 Å². The molecule has 0 aromatic heterocycles. The van der Waals surface area contributed by atoms with Gasteiger partial charge in [-0.25, -0.2) is 5.84 Å². The van der Waals surface area contributed by atoms with Gasteiger partial charge in [-0.2, -0.15) is 0 Å². The quantitative estimate of drug-likeness (QED) is 0.371. The number of carbonyl (C=O) groups excluding carboxylic acids is 1. The lowest BCUT2D eigenvalue weighted by Crippen LogP contribution is -2.56. The largest absolute Gasteiger partial charge is 0.393 e. The lowest BCUT2D eigenvalue weighted by atomic mass is 9.96. The molecule has 5 nitrogen and oxygen atoms in total. The number of piperidine rings is 1.